The molecule has 2 aromatic heterocycles. The molecule has 0 aliphatic carbocycles. The number of piperidine rings is 1. The Bertz CT molecular complexity index is 854. The molecular weight excluding hydrogens is 401 g/mol. The number of amides is 1. The van der Waals surface area contributed by atoms with Crippen molar-refractivity contribution in [2.75, 3.05) is 13.1 Å². The van der Waals surface area contributed by atoms with E-state index in [1.807, 2.05) is 0 Å². The molecule has 0 atom stereocenters. The summed E-state index contributed by atoms with van der Waals surface area (Å²) in [7, 11) is 0. The van der Waals surface area contributed by atoms with Gasteiger partial charge in [-0.2, -0.15) is 18.3 Å². The van der Waals surface area contributed by atoms with E-state index in [-0.39, 0.29) is 29.2 Å². The van der Waals surface area contributed by atoms with Crippen LogP contribution in [0.3, 0.4) is 0 Å². The van der Waals surface area contributed by atoms with Gasteiger partial charge in [-0.25, -0.2) is 4.98 Å². The highest BCUT2D eigenvalue weighted by Crippen LogP contribution is 2.31. The van der Waals surface area contributed by atoms with Gasteiger partial charge < -0.3 is 4.90 Å². The fourth-order valence-corrected chi connectivity index (χ4v) is 4.16. The van der Waals surface area contributed by atoms with Crippen molar-refractivity contribution in [3.05, 3.63) is 33.5 Å². The van der Waals surface area contributed by atoms with Gasteiger partial charge in [-0.15, -0.1) is 11.3 Å². The van der Waals surface area contributed by atoms with Crippen molar-refractivity contribution in [1.29, 1.82) is 0 Å². The van der Waals surface area contributed by atoms with Crippen LogP contribution in [0.15, 0.2) is 11.4 Å². The molecule has 1 fully saturated rings. The Labute approximate surface area is 162 Å². The minimum atomic E-state index is -4.53. The number of aryl methyl sites for hydroxylation is 1. The van der Waals surface area contributed by atoms with E-state index in [2.05, 4.69) is 22.7 Å². The summed E-state index contributed by atoms with van der Waals surface area (Å²) in [5.41, 5.74) is -0.381. The number of likely N-dealkylation sites (tertiary alicyclic amines) is 1. The average molecular weight is 418 g/mol. The van der Waals surface area contributed by atoms with Crippen LogP contribution in [0.4, 0.5) is 13.2 Å². The van der Waals surface area contributed by atoms with Crippen LogP contribution < -0.4 is 0 Å². The third-order valence-electron chi connectivity index (χ3n) is 4.49. The number of rotatable bonds is 4. The number of carbonyl (C=O) groups excluding carboxylic acids is 2. The van der Waals surface area contributed by atoms with Crippen molar-refractivity contribution < 1.29 is 22.8 Å². The van der Waals surface area contributed by atoms with Gasteiger partial charge in [0.1, 0.15) is 12.2 Å². The van der Waals surface area contributed by atoms with Crippen LogP contribution >= 0.6 is 24.0 Å². The van der Waals surface area contributed by atoms with E-state index in [1.54, 1.807) is 10.3 Å². The number of halogens is 3. The van der Waals surface area contributed by atoms with Gasteiger partial charge in [0.25, 0.3) is 0 Å². The van der Waals surface area contributed by atoms with Gasteiger partial charge in [0.05, 0.1) is 5.01 Å². The zero-order valence-corrected chi connectivity index (χ0v) is 16.1. The predicted octanol–water partition coefficient (Wildman–Crippen LogP) is 3.14. The Morgan fingerprint density at radius 3 is 2.52 bits per heavy atom. The molecule has 1 aliphatic rings. The van der Waals surface area contributed by atoms with E-state index < -0.39 is 11.9 Å². The molecule has 27 heavy (non-hydrogen) atoms. The summed E-state index contributed by atoms with van der Waals surface area (Å²) in [6.07, 6.45) is -3.16. The molecule has 11 heteroatoms. The van der Waals surface area contributed by atoms with Crippen molar-refractivity contribution in [2.24, 2.45) is 0 Å². The molecule has 3 heterocycles. The van der Waals surface area contributed by atoms with Crippen LogP contribution in [0.5, 0.6) is 0 Å². The van der Waals surface area contributed by atoms with E-state index >= 15 is 0 Å². The molecule has 0 unspecified atom stereocenters. The maximum atomic E-state index is 12.7. The minimum absolute atomic E-state index is 0.156. The summed E-state index contributed by atoms with van der Waals surface area (Å²) in [4.78, 5) is 29.6. The first-order valence-corrected chi connectivity index (χ1v) is 9.56. The van der Waals surface area contributed by atoms with Crippen LogP contribution in [0.1, 0.15) is 45.6 Å². The predicted molar refractivity (Wildman–Crippen MR) is 96.0 cm³/mol. The van der Waals surface area contributed by atoms with Crippen LogP contribution in [0, 0.1) is 6.92 Å². The Kier molecular flexibility index (Phi) is 5.61. The molecular formula is C16H17F3N4O2S2. The lowest BCUT2D eigenvalue weighted by Crippen LogP contribution is -2.40. The standard InChI is InChI=1S/C16H17F3N4O2S2/c1-9-6-12(16(17,18)19)21-23(9)7-13(24)22-4-2-10(3-5-22)14-20-11(8-27-14)15(25)26/h6,8,10H,2-5,7H2,1H3,(H,25,26). The fraction of sp³-hybridized carbons (Fsp3) is 0.500. The summed E-state index contributed by atoms with van der Waals surface area (Å²) in [6.45, 7) is 2.24. The molecule has 3 rings (SSSR count). The monoisotopic (exact) mass is 418 g/mol. The topological polar surface area (TPSA) is 68.1 Å². The molecule has 1 aliphatic heterocycles. The van der Waals surface area contributed by atoms with E-state index in [0.717, 1.165) is 15.8 Å². The first-order valence-electron chi connectivity index (χ1n) is 8.23. The Balaban J connectivity index is 1.58. The van der Waals surface area contributed by atoms with E-state index in [9.17, 15) is 22.8 Å². The maximum Gasteiger partial charge on any atom is 0.435 e. The quantitative estimate of drug-likeness (QED) is 0.775. The highest BCUT2D eigenvalue weighted by molar-refractivity contribution is 7.97. The number of alkyl halides is 3. The lowest BCUT2D eigenvalue weighted by Gasteiger charge is -2.31. The highest BCUT2D eigenvalue weighted by Gasteiger charge is 2.35. The number of thiol groups is 1. The summed E-state index contributed by atoms with van der Waals surface area (Å²) in [5, 5.41) is 5.63. The molecule has 0 aromatic carbocycles. The highest BCUT2D eigenvalue weighted by atomic mass is 32.1. The van der Waals surface area contributed by atoms with Crippen molar-refractivity contribution in [3.63, 3.8) is 0 Å². The second kappa shape index (κ2) is 7.63. The number of hydrogen-bond donors (Lipinski definition) is 1. The molecule has 0 radical (unpaired) electrons. The molecule has 6 nitrogen and oxygen atoms in total. The number of aromatic nitrogens is 3. The number of nitrogens with zero attached hydrogens (tertiary/aromatic N) is 4. The fourth-order valence-electron chi connectivity index (χ4n) is 2.99. The first kappa shape index (κ1) is 19.9. The largest absolute Gasteiger partial charge is 0.435 e. The van der Waals surface area contributed by atoms with Crippen LogP contribution in [-0.2, 0) is 17.5 Å². The van der Waals surface area contributed by atoms with Gasteiger partial charge in [0.15, 0.2) is 5.69 Å². The van der Waals surface area contributed by atoms with E-state index in [1.165, 1.54) is 18.3 Å². The molecule has 0 saturated carbocycles. The van der Waals surface area contributed by atoms with Gasteiger partial charge in [-0.05, 0) is 25.8 Å². The Hall–Kier alpha value is -1.88. The van der Waals surface area contributed by atoms with Crippen LogP contribution in [0.2, 0.25) is 0 Å². The number of thiazole rings is 1. The summed E-state index contributed by atoms with van der Waals surface area (Å²) in [6, 6.07) is 0.933. The molecule has 0 bridgehead atoms. The summed E-state index contributed by atoms with van der Waals surface area (Å²) < 4.78 is 39.3. The molecule has 0 N–H and O–H groups in total. The zero-order chi connectivity index (χ0) is 19.8. The first-order chi connectivity index (χ1) is 12.6. The SMILES string of the molecule is Cc1cc(C(F)(F)F)nn1CC(=O)N1CCC(c2nc(C(=O)S)cs2)CC1. The normalized spacial score (nSPS) is 16.0. The molecule has 1 saturated heterocycles. The maximum absolute atomic E-state index is 12.7. The lowest BCUT2D eigenvalue weighted by atomic mass is 9.97. The average Bonchev–Trinajstić information content (AvgIpc) is 3.22. The zero-order valence-electron chi connectivity index (χ0n) is 14.4. The van der Waals surface area contributed by atoms with E-state index in [4.69, 9.17) is 0 Å². The molecule has 1 amide bonds. The molecule has 0 spiro atoms. The number of hydrogen-bond acceptors (Lipinski definition) is 5. The van der Waals surface area contributed by atoms with Gasteiger partial charge in [-0.3, -0.25) is 14.3 Å². The van der Waals surface area contributed by atoms with Crippen molar-refractivity contribution in [2.45, 2.75) is 38.4 Å². The van der Waals surface area contributed by atoms with Crippen molar-refractivity contribution >= 4 is 35.0 Å². The van der Waals surface area contributed by atoms with Crippen molar-refractivity contribution in [1.82, 2.24) is 19.7 Å². The van der Waals surface area contributed by atoms with Gasteiger partial charge >= 0.3 is 6.18 Å². The Morgan fingerprint density at radius 2 is 2.00 bits per heavy atom. The van der Waals surface area contributed by atoms with E-state index in [0.29, 0.717) is 31.6 Å². The molecule has 146 valence electrons. The summed E-state index contributed by atoms with van der Waals surface area (Å²) in [5.74, 6) is -0.109. The number of carbonyl (C=O) groups is 2. The second-order valence-corrected chi connectivity index (χ2v) is 7.65. The third-order valence-corrected chi connectivity index (χ3v) is 5.73. The lowest BCUT2D eigenvalue weighted by molar-refractivity contribution is -0.142. The van der Waals surface area contributed by atoms with Crippen molar-refractivity contribution in [3.8, 4) is 0 Å². The third kappa shape index (κ3) is 4.52. The minimum Gasteiger partial charge on any atom is -0.341 e. The van der Waals surface area contributed by atoms with Gasteiger partial charge in [-0.1, -0.05) is 12.6 Å². The van der Waals surface area contributed by atoms with Gasteiger partial charge in [0, 0.05) is 30.1 Å². The Morgan fingerprint density at radius 1 is 1.33 bits per heavy atom. The van der Waals surface area contributed by atoms with Crippen LogP contribution in [0.25, 0.3) is 0 Å². The second-order valence-electron chi connectivity index (χ2n) is 6.36. The van der Waals surface area contributed by atoms with Crippen LogP contribution in [-0.4, -0.2) is 43.8 Å². The smallest absolute Gasteiger partial charge is 0.341 e. The molecule has 2 aromatic rings. The summed E-state index contributed by atoms with van der Waals surface area (Å²) >= 11 is 5.15. The van der Waals surface area contributed by atoms with Gasteiger partial charge in [0.2, 0.25) is 11.0 Å².